The van der Waals surface area contributed by atoms with Crippen LogP contribution in [0, 0.1) is 5.92 Å². The first-order valence-electron chi connectivity index (χ1n) is 8.51. The second-order valence-electron chi connectivity index (χ2n) is 6.59. The van der Waals surface area contributed by atoms with Gasteiger partial charge < -0.3 is 9.88 Å². The molecule has 6 heteroatoms. The Bertz CT molecular complexity index is 610. The van der Waals surface area contributed by atoms with E-state index >= 15 is 0 Å². The van der Waals surface area contributed by atoms with Crippen LogP contribution in [0.25, 0.3) is 11.2 Å². The van der Waals surface area contributed by atoms with Crippen LogP contribution in [0.2, 0.25) is 0 Å². The second kappa shape index (κ2) is 6.20. The fourth-order valence-corrected chi connectivity index (χ4v) is 3.87. The maximum atomic E-state index is 4.47. The van der Waals surface area contributed by atoms with Crippen LogP contribution in [-0.2, 0) is 0 Å². The molecule has 2 aromatic heterocycles. The van der Waals surface area contributed by atoms with E-state index in [1.807, 2.05) is 0 Å². The van der Waals surface area contributed by atoms with Gasteiger partial charge in [0.05, 0.1) is 6.33 Å². The van der Waals surface area contributed by atoms with E-state index in [0.717, 1.165) is 49.1 Å². The highest BCUT2D eigenvalue weighted by Gasteiger charge is 2.23. The van der Waals surface area contributed by atoms with Crippen molar-refractivity contribution in [2.24, 2.45) is 5.92 Å². The highest BCUT2D eigenvalue weighted by Crippen LogP contribution is 2.26. The normalized spacial score (nSPS) is 21.5. The summed E-state index contributed by atoms with van der Waals surface area (Å²) in [5, 5.41) is 0. The zero-order valence-corrected chi connectivity index (χ0v) is 13.0. The Balaban J connectivity index is 1.38. The third kappa shape index (κ3) is 2.79. The summed E-state index contributed by atoms with van der Waals surface area (Å²) in [5.41, 5.74) is 1.72. The van der Waals surface area contributed by atoms with Crippen molar-refractivity contribution in [2.75, 3.05) is 37.6 Å². The number of H-pyrrole nitrogens is 1. The van der Waals surface area contributed by atoms with Crippen molar-refractivity contribution < 1.29 is 0 Å². The van der Waals surface area contributed by atoms with Crippen LogP contribution >= 0.6 is 0 Å². The van der Waals surface area contributed by atoms with Crippen LogP contribution < -0.4 is 4.90 Å². The Morgan fingerprint density at radius 3 is 2.64 bits per heavy atom. The Labute approximate surface area is 131 Å². The molecular weight excluding hydrogens is 276 g/mol. The van der Waals surface area contributed by atoms with Crippen LogP contribution in [0.5, 0.6) is 0 Å². The van der Waals surface area contributed by atoms with Gasteiger partial charge in [-0.2, -0.15) is 0 Å². The summed E-state index contributed by atoms with van der Waals surface area (Å²) in [7, 11) is 0. The van der Waals surface area contributed by atoms with Crippen LogP contribution in [-0.4, -0.2) is 57.6 Å². The van der Waals surface area contributed by atoms with Crippen LogP contribution in [0.15, 0.2) is 12.7 Å². The summed E-state index contributed by atoms with van der Waals surface area (Å²) >= 11 is 0. The number of aromatic nitrogens is 4. The van der Waals surface area contributed by atoms with E-state index < -0.39 is 0 Å². The molecule has 0 spiro atoms. The zero-order valence-electron chi connectivity index (χ0n) is 13.0. The average molecular weight is 300 g/mol. The van der Waals surface area contributed by atoms with Crippen molar-refractivity contribution in [3.63, 3.8) is 0 Å². The van der Waals surface area contributed by atoms with Crippen LogP contribution in [0.4, 0.5) is 5.82 Å². The zero-order chi connectivity index (χ0) is 14.8. The standard InChI is InChI=1S/C16H24N6/c1-2-4-13(5-3-1)10-21-6-8-22(9-7-21)16-14-15(18-11-17-14)19-12-20-16/h11-13H,1-10H2,(H,17,18,19,20). The Morgan fingerprint density at radius 1 is 1.00 bits per heavy atom. The molecular formula is C16H24N6. The number of anilines is 1. The van der Waals surface area contributed by atoms with Gasteiger partial charge in [-0.1, -0.05) is 19.3 Å². The maximum absolute atomic E-state index is 4.47. The van der Waals surface area contributed by atoms with Gasteiger partial charge in [-0.3, -0.25) is 4.90 Å². The lowest BCUT2D eigenvalue weighted by molar-refractivity contribution is 0.192. The van der Waals surface area contributed by atoms with Crippen molar-refractivity contribution in [2.45, 2.75) is 32.1 Å². The Kier molecular flexibility index (Phi) is 3.93. The van der Waals surface area contributed by atoms with Gasteiger partial charge in [0.25, 0.3) is 0 Å². The number of hydrogen-bond acceptors (Lipinski definition) is 5. The smallest absolute Gasteiger partial charge is 0.182 e. The summed E-state index contributed by atoms with van der Waals surface area (Å²) in [6, 6.07) is 0. The molecule has 2 aromatic rings. The molecule has 0 unspecified atom stereocenters. The monoisotopic (exact) mass is 300 g/mol. The summed E-state index contributed by atoms with van der Waals surface area (Å²) in [6.07, 6.45) is 10.5. The SMILES string of the molecule is c1nc(N2CCN(CC3CCCCC3)CC2)c2[nH]cnc2n1. The average Bonchev–Trinajstić information content (AvgIpc) is 3.05. The first kappa shape index (κ1) is 13.9. The minimum atomic E-state index is 0.759. The summed E-state index contributed by atoms with van der Waals surface area (Å²) in [5.74, 6) is 1.93. The summed E-state index contributed by atoms with van der Waals surface area (Å²) < 4.78 is 0. The molecule has 2 aliphatic rings. The molecule has 3 heterocycles. The molecule has 118 valence electrons. The third-order valence-corrected chi connectivity index (χ3v) is 5.12. The van der Waals surface area contributed by atoms with Gasteiger partial charge in [-0.05, 0) is 18.8 Å². The maximum Gasteiger partial charge on any atom is 0.182 e. The quantitative estimate of drug-likeness (QED) is 0.940. The van der Waals surface area contributed by atoms with Gasteiger partial charge in [0.1, 0.15) is 11.8 Å². The largest absolute Gasteiger partial charge is 0.352 e. The number of nitrogens with zero attached hydrogens (tertiary/aromatic N) is 5. The van der Waals surface area contributed by atoms with Crippen LogP contribution in [0.3, 0.4) is 0 Å². The van der Waals surface area contributed by atoms with Gasteiger partial charge in [0.2, 0.25) is 0 Å². The first-order chi connectivity index (χ1) is 10.9. The molecule has 1 N–H and O–H groups in total. The molecule has 0 bridgehead atoms. The molecule has 1 saturated carbocycles. The molecule has 0 amide bonds. The lowest BCUT2D eigenvalue weighted by atomic mass is 9.89. The third-order valence-electron chi connectivity index (χ3n) is 5.12. The molecule has 0 atom stereocenters. The highest BCUT2D eigenvalue weighted by atomic mass is 15.3. The first-order valence-corrected chi connectivity index (χ1v) is 8.51. The van der Waals surface area contributed by atoms with E-state index in [1.165, 1.54) is 38.6 Å². The van der Waals surface area contributed by atoms with Crippen molar-refractivity contribution in [1.82, 2.24) is 24.8 Å². The molecule has 1 saturated heterocycles. The number of piperazine rings is 1. The van der Waals surface area contributed by atoms with E-state index in [0.29, 0.717) is 0 Å². The summed E-state index contributed by atoms with van der Waals surface area (Å²) in [4.78, 5) is 21.1. The number of fused-ring (bicyclic) bond motifs is 1. The second-order valence-corrected chi connectivity index (χ2v) is 6.59. The fraction of sp³-hybridized carbons (Fsp3) is 0.688. The Hall–Kier alpha value is -1.69. The fourth-order valence-electron chi connectivity index (χ4n) is 3.87. The van der Waals surface area contributed by atoms with Crippen molar-refractivity contribution >= 4 is 17.0 Å². The molecule has 0 aromatic carbocycles. The van der Waals surface area contributed by atoms with E-state index in [-0.39, 0.29) is 0 Å². The van der Waals surface area contributed by atoms with Gasteiger partial charge in [0.15, 0.2) is 11.5 Å². The predicted molar refractivity (Wildman–Crippen MR) is 86.9 cm³/mol. The van der Waals surface area contributed by atoms with Crippen molar-refractivity contribution in [1.29, 1.82) is 0 Å². The van der Waals surface area contributed by atoms with E-state index in [1.54, 1.807) is 12.7 Å². The lowest BCUT2D eigenvalue weighted by Gasteiger charge is -2.37. The predicted octanol–water partition coefficient (Wildman–Crippen LogP) is 2.06. The molecule has 6 nitrogen and oxygen atoms in total. The minimum Gasteiger partial charge on any atom is -0.352 e. The van der Waals surface area contributed by atoms with E-state index in [2.05, 4.69) is 29.7 Å². The number of hydrogen-bond donors (Lipinski definition) is 1. The van der Waals surface area contributed by atoms with Crippen molar-refractivity contribution in [3.05, 3.63) is 12.7 Å². The number of rotatable bonds is 3. The summed E-state index contributed by atoms with van der Waals surface area (Å²) in [6.45, 7) is 5.64. The molecule has 1 aliphatic heterocycles. The Morgan fingerprint density at radius 2 is 1.82 bits per heavy atom. The molecule has 1 aliphatic carbocycles. The minimum absolute atomic E-state index is 0.759. The lowest BCUT2D eigenvalue weighted by Crippen LogP contribution is -2.48. The van der Waals surface area contributed by atoms with Gasteiger partial charge in [-0.25, -0.2) is 15.0 Å². The molecule has 2 fully saturated rings. The number of imidazole rings is 1. The van der Waals surface area contributed by atoms with Gasteiger partial charge in [0, 0.05) is 32.7 Å². The molecule has 22 heavy (non-hydrogen) atoms. The van der Waals surface area contributed by atoms with Gasteiger partial charge in [-0.15, -0.1) is 0 Å². The highest BCUT2D eigenvalue weighted by molar-refractivity contribution is 5.82. The molecule has 4 rings (SSSR count). The van der Waals surface area contributed by atoms with Crippen molar-refractivity contribution in [3.8, 4) is 0 Å². The van der Waals surface area contributed by atoms with Gasteiger partial charge >= 0.3 is 0 Å². The van der Waals surface area contributed by atoms with E-state index in [9.17, 15) is 0 Å². The number of aromatic amines is 1. The molecule has 0 radical (unpaired) electrons. The topological polar surface area (TPSA) is 60.9 Å². The van der Waals surface area contributed by atoms with Crippen LogP contribution in [0.1, 0.15) is 32.1 Å². The van der Waals surface area contributed by atoms with E-state index in [4.69, 9.17) is 0 Å². The number of nitrogens with one attached hydrogen (secondary N) is 1.